The quantitative estimate of drug-likeness (QED) is 0.139. The van der Waals surface area contributed by atoms with Crippen LogP contribution in [0.25, 0.3) is 0 Å². The van der Waals surface area contributed by atoms with Crippen molar-refractivity contribution in [1.29, 1.82) is 0 Å². The van der Waals surface area contributed by atoms with Gasteiger partial charge in [0.1, 0.15) is 12.1 Å². The molecule has 2 atom stereocenters. The van der Waals surface area contributed by atoms with Crippen LogP contribution < -0.4 is 5.73 Å². The maximum atomic E-state index is 10.9. The van der Waals surface area contributed by atoms with Gasteiger partial charge < -0.3 is 36.4 Å². The van der Waals surface area contributed by atoms with Crippen molar-refractivity contribution < 1.29 is 59.4 Å². The standard InChI is InChI=1S/C9H13NO8.C5H9NO4.Ca.2H/c11-6(12)2-1-5(9(17)18)10(3-7(13)14)4-8(15)16;6-3(5(9)10)1-2-4(7)8;;;/h5H,1-4H2,(H,11,12)(H,13,14)(H,15,16)(H,17,18);3H,1-2,6H2,(H,7,8)(H,9,10);;;/t5-;3-;;;/m00.../s1. The fourth-order valence-corrected chi connectivity index (χ4v) is 1.75. The molecule has 29 heavy (non-hydrogen) atoms. The van der Waals surface area contributed by atoms with Crippen molar-refractivity contribution in [2.45, 2.75) is 37.8 Å². The summed E-state index contributed by atoms with van der Waals surface area (Å²) in [6, 6.07) is -2.52. The Hall–Kier alpha value is -2.00. The summed E-state index contributed by atoms with van der Waals surface area (Å²) in [5.74, 6) is -7.68. The van der Waals surface area contributed by atoms with E-state index in [4.69, 9.17) is 36.4 Å². The van der Waals surface area contributed by atoms with E-state index in [1.54, 1.807) is 0 Å². The van der Waals surface area contributed by atoms with E-state index in [2.05, 4.69) is 0 Å². The van der Waals surface area contributed by atoms with E-state index in [0.29, 0.717) is 4.90 Å². The Morgan fingerprint density at radius 3 is 1.31 bits per heavy atom. The molecule has 0 saturated carbocycles. The van der Waals surface area contributed by atoms with Crippen LogP contribution in [0.2, 0.25) is 0 Å². The molecule has 0 aromatic heterocycles. The van der Waals surface area contributed by atoms with Gasteiger partial charge in [0, 0.05) is 12.8 Å². The molecule has 0 spiro atoms. The number of nitrogens with two attached hydrogens (primary N) is 1. The summed E-state index contributed by atoms with van der Waals surface area (Å²) in [6.45, 7) is -1.58. The van der Waals surface area contributed by atoms with Gasteiger partial charge >= 0.3 is 73.6 Å². The fourth-order valence-electron chi connectivity index (χ4n) is 1.75. The van der Waals surface area contributed by atoms with Gasteiger partial charge in [0.2, 0.25) is 0 Å². The predicted octanol–water partition coefficient (Wildman–Crippen LogP) is -2.88. The van der Waals surface area contributed by atoms with Crippen LogP contribution in [0.3, 0.4) is 0 Å². The summed E-state index contributed by atoms with van der Waals surface area (Å²) in [7, 11) is 0. The molecule has 0 unspecified atom stereocenters. The third kappa shape index (κ3) is 19.1. The molecule has 8 N–H and O–H groups in total. The van der Waals surface area contributed by atoms with Gasteiger partial charge in [0.05, 0.1) is 13.1 Å². The minimum absolute atomic E-state index is 0. The minimum atomic E-state index is -1.46. The van der Waals surface area contributed by atoms with Crippen LogP contribution in [0.1, 0.15) is 25.7 Å². The van der Waals surface area contributed by atoms with E-state index in [1.807, 2.05) is 0 Å². The van der Waals surface area contributed by atoms with Crippen LogP contribution in [-0.4, -0.2) is 134 Å². The first-order valence-electron chi connectivity index (χ1n) is 7.60. The Morgan fingerprint density at radius 1 is 0.655 bits per heavy atom. The van der Waals surface area contributed by atoms with Crippen molar-refractivity contribution in [2.75, 3.05) is 13.1 Å². The van der Waals surface area contributed by atoms with Gasteiger partial charge in [-0.1, -0.05) is 0 Å². The molecule has 0 amide bonds. The molecule has 0 aromatic carbocycles. The Bertz CT molecular complexity index is 581. The van der Waals surface area contributed by atoms with Gasteiger partial charge in [0.25, 0.3) is 0 Å². The Kier molecular flexibility index (Phi) is 18.5. The number of carboxylic acids is 6. The zero-order chi connectivity index (χ0) is 22.4. The van der Waals surface area contributed by atoms with E-state index in [0.717, 1.165) is 0 Å². The summed E-state index contributed by atoms with van der Waals surface area (Å²) in [6.07, 6.45) is -1.09. The van der Waals surface area contributed by atoms with E-state index >= 15 is 0 Å². The zero-order valence-corrected chi connectivity index (χ0v) is 14.6. The SMILES string of the molecule is N[C@@H](CCC(=O)O)C(=O)O.O=C(O)CC[C@@H](C(=O)O)N(CC(=O)O)CC(=O)O.[CaH2]. The third-order valence-corrected chi connectivity index (χ3v) is 3.02. The molecule has 0 heterocycles. The van der Waals surface area contributed by atoms with E-state index in [-0.39, 0.29) is 57.0 Å². The fraction of sp³-hybridized carbons (Fsp3) is 0.571. The molecule has 0 fully saturated rings. The number of nitrogens with zero attached hydrogens (tertiary/aromatic N) is 1. The molecule has 15 heteroatoms. The van der Waals surface area contributed by atoms with Gasteiger partial charge in [-0.15, -0.1) is 0 Å². The summed E-state index contributed by atoms with van der Waals surface area (Å²) >= 11 is 0. The van der Waals surface area contributed by atoms with Crippen LogP contribution in [0, 0.1) is 0 Å². The molecule has 14 nitrogen and oxygen atoms in total. The van der Waals surface area contributed by atoms with Crippen molar-refractivity contribution >= 4 is 73.6 Å². The van der Waals surface area contributed by atoms with Gasteiger partial charge in [-0.3, -0.25) is 33.7 Å². The Labute approximate surface area is 193 Å². The van der Waals surface area contributed by atoms with E-state index in [9.17, 15) is 28.8 Å². The average Bonchev–Trinajstić information content (AvgIpc) is 2.51. The van der Waals surface area contributed by atoms with Crippen molar-refractivity contribution in [2.24, 2.45) is 5.73 Å². The number of hydrogen-bond donors (Lipinski definition) is 7. The molecule has 0 bridgehead atoms. The second kappa shape index (κ2) is 16.9. The third-order valence-electron chi connectivity index (χ3n) is 3.02. The molecule has 0 radical (unpaired) electrons. The summed E-state index contributed by atoms with van der Waals surface area (Å²) in [5.41, 5.74) is 5.00. The van der Waals surface area contributed by atoms with Crippen LogP contribution in [0.15, 0.2) is 0 Å². The number of aliphatic carboxylic acids is 6. The molecule has 164 valence electrons. The van der Waals surface area contributed by atoms with Crippen molar-refractivity contribution in [3.8, 4) is 0 Å². The summed E-state index contributed by atoms with van der Waals surface area (Å²) in [5, 5.41) is 50.7. The molecule has 0 saturated heterocycles. The molecule has 0 aromatic rings. The Balaban J connectivity index is -0.000000525. The van der Waals surface area contributed by atoms with E-state index < -0.39 is 67.4 Å². The first kappa shape index (κ1) is 31.7. The van der Waals surface area contributed by atoms with Crippen molar-refractivity contribution in [1.82, 2.24) is 4.90 Å². The number of carbonyl (C=O) groups is 6. The van der Waals surface area contributed by atoms with Crippen LogP contribution in [-0.2, 0) is 28.8 Å². The average molecular weight is 452 g/mol. The van der Waals surface area contributed by atoms with Crippen molar-refractivity contribution in [3.63, 3.8) is 0 Å². The zero-order valence-electron chi connectivity index (χ0n) is 14.6. The second-order valence-electron chi connectivity index (χ2n) is 5.36. The van der Waals surface area contributed by atoms with Gasteiger partial charge in [-0.05, 0) is 12.8 Å². The van der Waals surface area contributed by atoms with Gasteiger partial charge in [-0.2, -0.15) is 0 Å². The molecular formula is C14H24CaN2O12. The Morgan fingerprint density at radius 2 is 1.03 bits per heavy atom. The van der Waals surface area contributed by atoms with Crippen molar-refractivity contribution in [3.05, 3.63) is 0 Å². The normalized spacial score (nSPS) is 11.8. The molecule has 0 aliphatic carbocycles. The molecular weight excluding hydrogens is 428 g/mol. The number of rotatable bonds is 13. The van der Waals surface area contributed by atoms with Crippen LogP contribution in [0.4, 0.5) is 0 Å². The van der Waals surface area contributed by atoms with Gasteiger partial charge in [0.15, 0.2) is 0 Å². The first-order chi connectivity index (χ1) is 12.8. The molecule has 0 aliphatic rings. The monoisotopic (exact) mass is 452 g/mol. The topological polar surface area (TPSA) is 253 Å². The van der Waals surface area contributed by atoms with Crippen LogP contribution in [0.5, 0.6) is 0 Å². The van der Waals surface area contributed by atoms with Gasteiger partial charge in [-0.25, -0.2) is 0 Å². The molecule has 0 rings (SSSR count). The summed E-state index contributed by atoms with van der Waals surface area (Å²) in [4.78, 5) is 62.8. The second-order valence-corrected chi connectivity index (χ2v) is 5.36. The number of carboxylic acid groups (broad SMARTS) is 6. The molecule has 0 aliphatic heterocycles. The van der Waals surface area contributed by atoms with E-state index in [1.165, 1.54) is 0 Å². The maximum absolute atomic E-state index is 10.9. The number of hydrogen-bond acceptors (Lipinski definition) is 8. The summed E-state index contributed by atoms with van der Waals surface area (Å²) < 4.78 is 0. The predicted molar refractivity (Wildman–Crippen MR) is 96.2 cm³/mol. The first-order valence-corrected chi connectivity index (χ1v) is 7.60. The van der Waals surface area contributed by atoms with Crippen LogP contribution >= 0.6 is 0 Å².